The maximum atomic E-state index is 5.89. The van der Waals surface area contributed by atoms with Crippen LogP contribution in [0.15, 0.2) is 0 Å². The monoisotopic (exact) mass is 139 g/mol. The topological polar surface area (TPSA) is 26.0 Å². The molecule has 0 aliphatic heterocycles. The Kier molecular flexibility index (Phi) is 1.69. The van der Waals surface area contributed by atoms with Crippen molar-refractivity contribution in [1.29, 1.82) is 0 Å². The van der Waals surface area contributed by atoms with Crippen molar-refractivity contribution in [3.05, 3.63) is 0 Å². The van der Waals surface area contributed by atoms with E-state index in [0.29, 0.717) is 6.04 Å². The van der Waals surface area contributed by atoms with Gasteiger partial charge >= 0.3 is 0 Å². The van der Waals surface area contributed by atoms with Gasteiger partial charge in [0.05, 0.1) is 0 Å². The minimum absolute atomic E-state index is 0.541. The summed E-state index contributed by atoms with van der Waals surface area (Å²) >= 11 is 0. The predicted molar refractivity (Wildman–Crippen MR) is 42.7 cm³/mol. The summed E-state index contributed by atoms with van der Waals surface area (Å²) in [5, 5.41) is 0. The van der Waals surface area contributed by atoms with Crippen LogP contribution in [0.25, 0.3) is 0 Å². The van der Waals surface area contributed by atoms with Crippen LogP contribution in [0.2, 0.25) is 0 Å². The van der Waals surface area contributed by atoms with Gasteiger partial charge in [0.2, 0.25) is 0 Å². The molecule has 2 fully saturated rings. The van der Waals surface area contributed by atoms with E-state index in [9.17, 15) is 0 Å². The Morgan fingerprint density at radius 3 is 2.30 bits per heavy atom. The summed E-state index contributed by atoms with van der Waals surface area (Å²) in [6.07, 6.45) is 8.46. The van der Waals surface area contributed by atoms with E-state index >= 15 is 0 Å². The molecular formula is C9H17N. The standard InChI is InChI=1S/C9H17N/c10-9-3-1-2-8(6-9)7-4-5-7/h7-9H,1-6,10H2/t8-,9-/m0/s1. The molecule has 58 valence electrons. The molecule has 0 amide bonds. The Balaban J connectivity index is 1.84. The highest BCUT2D eigenvalue weighted by atomic mass is 14.6. The van der Waals surface area contributed by atoms with E-state index in [1.54, 1.807) is 0 Å². The third kappa shape index (κ3) is 1.34. The van der Waals surface area contributed by atoms with Crippen molar-refractivity contribution >= 4 is 0 Å². The van der Waals surface area contributed by atoms with Crippen molar-refractivity contribution in [3.8, 4) is 0 Å². The van der Waals surface area contributed by atoms with Crippen LogP contribution in [0.1, 0.15) is 38.5 Å². The molecule has 2 aliphatic carbocycles. The molecule has 1 nitrogen and oxygen atoms in total. The highest BCUT2D eigenvalue weighted by Gasteiger charge is 2.33. The van der Waals surface area contributed by atoms with Gasteiger partial charge in [0.15, 0.2) is 0 Å². The summed E-state index contributed by atoms with van der Waals surface area (Å²) in [5.74, 6) is 2.11. The van der Waals surface area contributed by atoms with E-state index in [1.807, 2.05) is 0 Å². The van der Waals surface area contributed by atoms with Crippen LogP contribution in [0.3, 0.4) is 0 Å². The second-order valence-electron chi connectivity index (χ2n) is 4.02. The summed E-state index contributed by atoms with van der Waals surface area (Å²) in [6.45, 7) is 0. The van der Waals surface area contributed by atoms with E-state index in [2.05, 4.69) is 0 Å². The zero-order chi connectivity index (χ0) is 6.97. The van der Waals surface area contributed by atoms with Gasteiger partial charge in [0, 0.05) is 6.04 Å². The molecule has 0 saturated heterocycles. The summed E-state index contributed by atoms with van der Waals surface area (Å²) < 4.78 is 0. The fourth-order valence-corrected chi connectivity index (χ4v) is 2.26. The lowest BCUT2D eigenvalue weighted by atomic mass is 9.83. The lowest BCUT2D eigenvalue weighted by molar-refractivity contribution is 0.292. The zero-order valence-corrected chi connectivity index (χ0v) is 6.55. The summed E-state index contributed by atoms with van der Waals surface area (Å²) in [4.78, 5) is 0. The number of hydrogen-bond donors (Lipinski definition) is 1. The van der Waals surface area contributed by atoms with Gasteiger partial charge in [-0.05, 0) is 37.5 Å². The maximum Gasteiger partial charge on any atom is 0.00415 e. The van der Waals surface area contributed by atoms with Crippen molar-refractivity contribution in [2.75, 3.05) is 0 Å². The van der Waals surface area contributed by atoms with Crippen molar-refractivity contribution < 1.29 is 0 Å². The molecule has 0 spiro atoms. The normalized spacial score (nSPS) is 41.7. The predicted octanol–water partition coefficient (Wildman–Crippen LogP) is 1.91. The van der Waals surface area contributed by atoms with E-state index in [4.69, 9.17) is 5.73 Å². The Labute approximate surface area is 63.0 Å². The SMILES string of the molecule is N[C@H]1CCC[C@H](C2CC2)C1. The van der Waals surface area contributed by atoms with Crippen LogP contribution in [0, 0.1) is 11.8 Å². The van der Waals surface area contributed by atoms with Crippen LogP contribution < -0.4 is 5.73 Å². The smallest absolute Gasteiger partial charge is 0.00415 e. The number of nitrogens with two attached hydrogens (primary N) is 1. The van der Waals surface area contributed by atoms with Crippen LogP contribution in [0.4, 0.5) is 0 Å². The quantitative estimate of drug-likeness (QED) is 0.590. The summed E-state index contributed by atoms with van der Waals surface area (Å²) in [5.41, 5.74) is 5.89. The number of hydrogen-bond acceptors (Lipinski definition) is 1. The third-order valence-electron chi connectivity index (χ3n) is 3.04. The fourth-order valence-electron chi connectivity index (χ4n) is 2.26. The van der Waals surface area contributed by atoms with Gasteiger partial charge in [-0.15, -0.1) is 0 Å². The lowest BCUT2D eigenvalue weighted by Gasteiger charge is -2.26. The van der Waals surface area contributed by atoms with Crippen LogP contribution >= 0.6 is 0 Å². The molecular weight excluding hydrogens is 122 g/mol. The van der Waals surface area contributed by atoms with E-state index in [-0.39, 0.29) is 0 Å². The fraction of sp³-hybridized carbons (Fsp3) is 1.00. The zero-order valence-electron chi connectivity index (χ0n) is 6.55. The Morgan fingerprint density at radius 1 is 0.900 bits per heavy atom. The Morgan fingerprint density at radius 2 is 1.70 bits per heavy atom. The van der Waals surface area contributed by atoms with Gasteiger partial charge in [-0.3, -0.25) is 0 Å². The molecule has 2 aliphatic rings. The van der Waals surface area contributed by atoms with Crippen molar-refractivity contribution in [2.45, 2.75) is 44.6 Å². The molecule has 0 aromatic rings. The highest BCUT2D eigenvalue weighted by molar-refractivity contribution is 4.86. The highest BCUT2D eigenvalue weighted by Crippen LogP contribution is 2.43. The van der Waals surface area contributed by atoms with Gasteiger partial charge in [0.1, 0.15) is 0 Å². The largest absolute Gasteiger partial charge is 0.328 e. The molecule has 0 unspecified atom stereocenters. The van der Waals surface area contributed by atoms with Gasteiger partial charge in [-0.25, -0.2) is 0 Å². The Bertz CT molecular complexity index is 118. The minimum atomic E-state index is 0.541. The minimum Gasteiger partial charge on any atom is -0.328 e. The molecule has 2 atom stereocenters. The molecule has 2 rings (SSSR count). The first kappa shape index (κ1) is 6.66. The first-order chi connectivity index (χ1) is 4.86. The van der Waals surface area contributed by atoms with E-state index in [0.717, 1.165) is 11.8 Å². The molecule has 0 heterocycles. The second kappa shape index (κ2) is 2.54. The molecule has 0 bridgehead atoms. The molecule has 2 saturated carbocycles. The lowest BCUT2D eigenvalue weighted by Crippen LogP contribution is -2.28. The summed E-state index contributed by atoms with van der Waals surface area (Å²) in [6, 6.07) is 0.541. The second-order valence-corrected chi connectivity index (χ2v) is 4.02. The molecule has 0 radical (unpaired) electrons. The van der Waals surface area contributed by atoms with E-state index in [1.165, 1.54) is 38.5 Å². The molecule has 0 aromatic heterocycles. The average molecular weight is 139 g/mol. The van der Waals surface area contributed by atoms with Crippen molar-refractivity contribution in [1.82, 2.24) is 0 Å². The molecule has 10 heavy (non-hydrogen) atoms. The van der Waals surface area contributed by atoms with Gasteiger partial charge < -0.3 is 5.73 Å². The first-order valence-corrected chi connectivity index (χ1v) is 4.62. The first-order valence-electron chi connectivity index (χ1n) is 4.62. The van der Waals surface area contributed by atoms with Crippen molar-refractivity contribution in [2.24, 2.45) is 17.6 Å². The van der Waals surface area contributed by atoms with E-state index < -0.39 is 0 Å². The van der Waals surface area contributed by atoms with Crippen LogP contribution in [-0.2, 0) is 0 Å². The molecule has 2 N–H and O–H groups in total. The van der Waals surface area contributed by atoms with Crippen LogP contribution in [0.5, 0.6) is 0 Å². The van der Waals surface area contributed by atoms with Gasteiger partial charge in [0.25, 0.3) is 0 Å². The van der Waals surface area contributed by atoms with Crippen molar-refractivity contribution in [3.63, 3.8) is 0 Å². The summed E-state index contributed by atoms with van der Waals surface area (Å²) in [7, 11) is 0. The van der Waals surface area contributed by atoms with Gasteiger partial charge in [-0.2, -0.15) is 0 Å². The molecule has 1 heteroatoms. The third-order valence-corrected chi connectivity index (χ3v) is 3.04. The van der Waals surface area contributed by atoms with Crippen LogP contribution in [-0.4, -0.2) is 6.04 Å². The Hall–Kier alpha value is -0.0400. The molecule has 0 aromatic carbocycles. The number of rotatable bonds is 1. The maximum absolute atomic E-state index is 5.89. The average Bonchev–Trinajstić information content (AvgIpc) is 2.68. The van der Waals surface area contributed by atoms with Gasteiger partial charge in [-0.1, -0.05) is 12.8 Å².